The average Bonchev–Trinajstić information content (AvgIpc) is 3.35. The fourth-order valence-corrected chi connectivity index (χ4v) is 4.45. The Morgan fingerprint density at radius 2 is 1.85 bits per heavy atom. The molecule has 1 fully saturated rings. The maximum Gasteiger partial charge on any atom is 0.416 e. The molecule has 2 heterocycles. The van der Waals surface area contributed by atoms with Crippen molar-refractivity contribution >= 4 is 5.57 Å². The predicted molar refractivity (Wildman–Crippen MR) is 128 cm³/mol. The van der Waals surface area contributed by atoms with Gasteiger partial charge in [0.15, 0.2) is 0 Å². The summed E-state index contributed by atoms with van der Waals surface area (Å²) in [5.74, 6) is 1.87. The molecule has 0 unspecified atom stereocenters. The third kappa shape index (κ3) is 5.03. The summed E-state index contributed by atoms with van der Waals surface area (Å²) in [7, 11) is 1.65. The summed E-state index contributed by atoms with van der Waals surface area (Å²) >= 11 is 0. The molecule has 3 aromatic rings. The molecule has 4 nitrogen and oxygen atoms in total. The normalized spacial score (nSPS) is 15.7. The third-order valence-corrected chi connectivity index (χ3v) is 6.43. The molecule has 1 aliphatic rings. The molecule has 1 aromatic heterocycles. The number of likely N-dealkylation sites (tertiary alicyclic amines) is 1. The van der Waals surface area contributed by atoms with Crippen LogP contribution in [0.2, 0.25) is 0 Å². The Bertz CT molecular complexity index is 1170. The lowest BCUT2D eigenvalue weighted by molar-refractivity contribution is -0.137. The second-order valence-corrected chi connectivity index (χ2v) is 8.44. The topological polar surface area (TPSA) is 41.2 Å². The number of methoxy groups -OCH3 is 1. The van der Waals surface area contributed by atoms with Gasteiger partial charge in [0.2, 0.25) is 0 Å². The zero-order valence-corrected chi connectivity index (χ0v) is 19.3. The number of alkyl halides is 3. The van der Waals surface area contributed by atoms with Crippen molar-refractivity contribution in [3.63, 3.8) is 0 Å². The molecular formula is C27H28F3N3O. The van der Waals surface area contributed by atoms with Crippen molar-refractivity contribution in [3.05, 3.63) is 90.0 Å². The van der Waals surface area contributed by atoms with Crippen LogP contribution in [-0.2, 0) is 6.18 Å². The number of nitrogens with one attached hydrogen (secondary N) is 1. The third-order valence-electron chi connectivity index (χ3n) is 6.43. The van der Waals surface area contributed by atoms with Crippen LogP contribution in [-0.4, -0.2) is 35.1 Å². The van der Waals surface area contributed by atoms with Crippen LogP contribution in [0.25, 0.3) is 16.8 Å². The van der Waals surface area contributed by atoms with Gasteiger partial charge in [-0.25, -0.2) is 4.98 Å². The fourth-order valence-electron chi connectivity index (χ4n) is 4.45. The molecule has 0 atom stereocenters. The Kier molecular flexibility index (Phi) is 6.82. The van der Waals surface area contributed by atoms with E-state index in [1.807, 2.05) is 30.3 Å². The Labute approximate surface area is 197 Å². The van der Waals surface area contributed by atoms with Crippen molar-refractivity contribution in [1.29, 1.82) is 0 Å². The average molecular weight is 468 g/mol. The standard InChI is InChI=1S/C27H28F3N3O/c1-4-24(19-8-10-23(34-3)11-9-19)18(2)33-14-12-20(13-15-33)26-31-17-25(32-26)21-6-5-7-22(16-21)27(28,29)30/h4-11,16-17,20H,1,12-15H2,2-3H3,(H,31,32)/b24-18-. The van der Waals surface area contributed by atoms with Gasteiger partial charge in [-0.1, -0.05) is 36.9 Å². The number of hydrogen-bond donors (Lipinski definition) is 1. The highest BCUT2D eigenvalue weighted by molar-refractivity contribution is 5.76. The van der Waals surface area contributed by atoms with Gasteiger partial charge in [-0.15, -0.1) is 0 Å². The van der Waals surface area contributed by atoms with E-state index in [4.69, 9.17) is 4.74 Å². The minimum atomic E-state index is -4.37. The summed E-state index contributed by atoms with van der Waals surface area (Å²) in [6.07, 6.45) is 1.02. The van der Waals surface area contributed by atoms with E-state index in [9.17, 15) is 13.2 Å². The SMILES string of the molecule is C=C/C(=C(\C)N1CCC(c2nc(-c3cccc(C(F)(F)F)c3)c[nH]2)CC1)c1ccc(OC)cc1. The number of imidazole rings is 1. The molecule has 34 heavy (non-hydrogen) atoms. The minimum absolute atomic E-state index is 0.233. The maximum absolute atomic E-state index is 13.1. The van der Waals surface area contributed by atoms with E-state index < -0.39 is 11.7 Å². The van der Waals surface area contributed by atoms with E-state index in [1.54, 1.807) is 19.4 Å². The van der Waals surface area contributed by atoms with Gasteiger partial charge in [0, 0.05) is 36.5 Å². The molecular weight excluding hydrogens is 439 g/mol. The van der Waals surface area contributed by atoms with Gasteiger partial charge >= 0.3 is 6.18 Å². The van der Waals surface area contributed by atoms with E-state index in [1.165, 1.54) is 11.8 Å². The van der Waals surface area contributed by atoms with Crippen LogP contribution in [0.5, 0.6) is 5.75 Å². The molecule has 178 valence electrons. The lowest BCUT2D eigenvalue weighted by Crippen LogP contribution is -2.32. The van der Waals surface area contributed by atoms with Crippen molar-refractivity contribution in [3.8, 4) is 17.0 Å². The number of nitrogens with zero attached hydrogens (tertiary/aromatic N) is 2. The number of ether oxygens (including phenoxy) is 1. The van der Waals surface area contributed by atoms with Crippen molar-refractivity contribution in [2.45, 2.75) is 31.9 Å². The Morgan fingerprint density at radius 1 is 1.15 bits per heavy atom. The smallest absolute Gasteiger partial charge is 0.416 e. The van der Waals surface area contributed by atoms with Crippen molar-refractivity contribution < 1.29 is 17.9 Å². The first-order chi connectivity index (χ1) is 16.3. The highest BCUT2D eigenvalue weighted by Crippen LogP contribution is 2.34. The quantitative estimate of drug-likeness (QED) is 0.401. The minimum Gasteiger partial charge on any atom is -0.497 e. The lowest BCUT2D eigenvalue weighted by atomic mass is 9.94. The van der Waals surface area contributed by atoms with E-state index in [-0.39, 0.29) is 5.92 Å². The molecule has 0 amide bonds. The Balaban J connectivity index is 1.45. The highest BCUT2D eigenvalue weighted by atomic mass is 19.4. The van der Waals surface area contributed by atoms with Gasteiger partial charge in [0.1, 0.15) is 11.6 Å². The largest absolute Gasteiger partial charge is 0.497 e. The number of rotatable bonds is 6. The second kappa shape index (κ2) is 9.79. The number of allylic oxidation sites excluding steroid dienone is 3. The molecule has 0 spiro atoms. The monoisotopic (exact) mass is 467 g/mol. The van der Waals surface area contributed by atoms with Crippen LogP contribution in [0, 0.1) is 0 Å². The Hall–Kier alpha value is -3.48. The van der Waals surface area contributed by atoms with Crippen LogP contribution in [0.3, 0.4) is 0 Å². The van der Waals surface area contributed by atoms with Crippen LogP contribution < -0.4 is 4.74 Å². The molecule has 0 aliphatic carbocycles. The first-order valence-electron chi connectivity index (χ1n) is 11.3. The summed E-state index contributed by atoms with van der Waals surface area (Å²) in [5.41, 5.74) is 3.68. The highest BCUT2D eigenvalue weighted by Gasteiger charge is 2.31. The summed E-state index contributed by atoms with van der Waals surface area (Å²) in [6.45, 7) is 7.85. The van der Waals surface area contributed by atoms with Crippen molar-refractivity contribution in [1.82, 2.24) is 14.9 Å². The number of piperidine rings is 1. The summed E-state index contributed by atoms with van der Waals surface area (Å²) in [6, 6.07) is 13.2. The number of H-pyrrole nitrogens is 1. The molecule has 0 bridgehead atoms. The van der Waals surface area contributed by atoms with Gasteiger partial charge in [0.05, 0.1) is 18.4 Å². The van der Waals surface area contributed by atoms with E-state index in [0.29, 0.717) is 11.3 Å². The van der Waals surface area contributed by atoms with E-state index in [0.717, 1.165) is 60.8 Å². The zero-order valence-electron chi connectivity index (χ0n) is 19.3. The van der Waals surface area contributed by atoms with Gasteiger partial charge in [0.25, 0.3) is 0 Å². The first kappa shape index (κ1) is 23.7. The first-order valence-corrected chi connectivity index (χ1v) is 11.3. The fraction of sp³-hybridized carbons (Fsp3) is 0.296. The van der Waals surface area contributed by atoms with Crippen LogP contribution in [0.4, 0.5) is 13.2 Å². The number of hydrogen-bond acceptors (Lipinski definition) is 3. The molecule has 1 N–H and O–H groups in total. The van der Waals surface area contributed by atoms with Crippen LogP contribution >= 0.6 is 0 Å². The summed E-state index contributed by atoms with van der Waals surface area (Å²) < 4.78 is 44.4. The molecule has 7 heteroatoms. The Morgan fingerprint density at radius 3 is 2.47 bits per heavy atom. The van der Waals surface area contributed by atoms with Crippen LogP contribution in [0.1, 0.15) is 42.6 Å². The molecule has 2 aromatic carbocycles. The van der Waals surface area contributed by atoms with Crippen LogP contribution in [0.15, 0.2) is 73.1 Å². The number of halogens is 3. The van der Waals surface area contributed by atoms with Crippen molar-refractivity contribution in [2.75, 3.05) is 20.2 Å². The number of aromatic amines is 1. The summed E-state index contributed by atoms with van der Waals surface area (Å²) in [5, 5.41) is 0. The molecule has 4 rings (SSSR count). The zero-order chi connectivity index (χ0) is 24.3. The van der Waals surface area contributed by atoms with Gasteiger partial charge in [-0.3, -0.25) is 0 Å². The van der Waals surface area contributed by atoms with E-state index >= 15 is 0 Å². The molecule has 0 radical (unpaired) electrons. The van der Waals surface area contributed by atoms with Gasteiger partial charge in [-0.2, -0.15) is 13.2 Å². The van der Waals surface area contributed by atoms with Gasteiger partial charge in [-0.05, 0) is 55.2 Å². The summed E-state index contributed by atoms with van der Waals surface area (Å²) in [4.78, 5) is 10.2. The van der Waals surface area contributed by atoms with Gasteiger partial charge < -0.3 is 14.6 Å². The van der Waals surface area contributed by atoms with E-state index in [2.05, 4.69) is 28.4 Å². The number of benzene rings is 2. The molecule has 0 saturated carbocycles. The van der Waals surface area contributed by atoms with Crippen molar-refractivity contribution in [2.24, 2.45) is 0 Å². The number of aromatic nitrogens is 2. The molecule has 1 saturated heterocycles. The molecule has 1 aliphatic heterocycles. The lowest BCUT2D eigenvalue weighted by Gasteiger charge is -2.34. The second-order valence-electron chi connectivity index (χ2n) is 8.44. The maximum atomic E-state index is 13.1. The predicted octanol–water partition coefficient (Wildman–Crippen LogP) is 6.90.